The van der Waals surface area contributed by atoms with Crippen LogP contribution in [0.2, 0.25) is 0 Å². The minimum Gasteiger partial charge on any atom is -0.343 e. The summed E-state index contributed by atoms with van der Waals surface area (Å²) in [6.07, 6.45) is 16.1. The summed E-state index contributed by atoms with van der Waals surface area (Å²) in [5.74, 6) is 7.85. The third kappa shape index (κ3) is 50.0. The highest BCUT2D eigenvalue weighted by Crippen LogP contribution is 2.22. The van der Waals surface area contributed by atoms with E-state index in [4.69, 9.17) is 0 Å². The summed E-state index contributed by atoms with van der Waals surface area (Å²) in [6, 6.07) is 10.2. The van der Waals surface area contributed by atoms with Crippen LogP contribution in [0.5, 0.6) is 0 Å². The molecule has 14 nitrogen and oxygen atoms in total. The van der Waals surface area contributed by atoms with Gasteiger partial charge in [0.15, 0.2) is 5.82 Å². The molecule has 6 aromatic heterocycles. The van der Waals surface area contributed by atoms with Crippen molar-refractivity contribution in [2.45, 2.75) is 310 Å². The van der Waals surface area contributed by atoms with E-state index in [9.17, 15) is 0 Å². The average molecular weight is 1410 g/mol. The molecule has 0 aliphatic carbocycles. The van der Waals surface area contributed by atoms with Gasteiger partial charge in [0.05, 0.1) is 41.4 Å². The van der Waals surface area contributed by atoms with Crippen molar-refractivity contribution in [3.05, 3.63) is 204 Å². The van der Waals surface area contributed by atoms with Gasteiger partial charge in [-0.3, -0.25) is 9.97 Å². The summed E-state index contributed by atoms with van der Waals surface area (Å²) < 4.78 is 0. The van der Waals surface area contributed by atoms with E-state index in [1.54, 1.807) is 12.4 Å². The topological polar surface area (TPSA) is 179 Å². The van der Waals surface area contributed by atoms with E-state index >= 15 is 0 Å². The van der Waals surface area contributed by atoms with Gasteiger partial charge in [-0.05, 0) is 124 Å². The lowest BCUT2D eigenvalue weighted by atomic mass is 9.97. The van der Waals surface area contributed by atoms with Gasteiger partial charge in [-0.2, -0.15) is 25.5 Å². The summed E-state index contributed by atoms with van der Waals surface area (Å²) in [4.78, 5) is 26.2. The molecule has 0 saturated heterocycles. The Hall–Kier alpha value is -7.48. The van der Waals surface area contributed by atoms with Gasteiger partial charge in [0.1, 0.15) is 5.82 Å². The Morgan fingerprint density at radius 1 is 0.333 bits per heavy atom. The fourth-order valence-electron chi connectivity index (χ4n) is 7.10. The van der Waals surface area contributed by atoms with Crippen molar-refractivity contribution in [1.29, 1.82) is 0 Å². The molecule has 0 atom stereocenters. The summed E-state index contributed by atoms with van der Waals surface area (Å²) >= 11 is 0. The second-order valence-electron chi connectivity index (χ2n) is 27.0. The number of anilines is 2. The van der Waals surface area contributed by atoms with Crippen LogP contribution < -0.4 is 10.6 Å². The van der Waals surface area contributed by atoms with E-state index < -0.39 is 0 Å². The zero-order chi connectivity index (χ0) is 80.5. The maximum atomic E-state index is 4.57. The first-order chi connectivity index (χ1) is 48.0. The van der Waals surface area contributed by atoms with Crippen LogP contribution in [0.3, 0.4) is 0 Å². The molecule has 0 bridgehead atoms. The molecule has 6 heterocycles. The Bertz CT molecular complexity index is 2590. The number of nitrogens with one attached hydrogen (secondary N) is 2. The predicted octanol–water partition coefficient (Wildman–Crippen LogP) is 25.9. The minimum absolute atomic E-state index is 0.385. The van der Waals surface area contributed by atoms with Crippen LogP contribution >= 0.6 is 0 Å². The third-order valence-corrected chi connectivity index (χ3v) is 14.8. The molecule has 6 aromatic rings. The Labute approximate surface area is 629 Å². The monoisotopic (exact) mass is 1410 g/mol. The molecule has 0 aliphatic rings. The van der Waals surface area contributed by atoms with E-state index in [1.165, 1.54) is 39.0 Å². The van der Waals surface area contributed by atoms with Crippen molar-refractivity contribution in [1.82, 2.24) is 60.5 Å². The Morgan fingerprint density at radius 3 is 1.17 bits per heavy atom. The van der Waals surface area contributed by atoms with Crippen LogP contribution in [0.1, 0.15) is 341 Å². The molecule has 6 rings (SSSR count). The summed E-state index contributed by atoms with van der Waals surface area (Å²) in [5.41, 5.74) is 16.7. The first kappa shape index (κ1) is 105. The van der Waals surface area contributed by atoms with Gasteiger partial charge in [-0.1, -0.05) is 311 Å². The molecule has 0 saturated carbocycles. The van der Waals surface area contributed by atoms with Gasteiger partial charge in [0.25, 0.3) is 0 Å². The summed E-state index contributed by atoms with van der Waals surface area (Å²) in [6.45, 7) is 99.3. The molecule has 102 heavy (non-hydrogen) atoms. The van der Waals surface area contributed by atoms with Crippen molar-refractivity contribution in [3.8, 4) is 0 Å². The standard InChI is InChI=1S/4C13H20N2.2C12H19N3.6C2H6/c1-9(2)11(5)6-13-7-12(10(3)4)8-14-15-13;1-9(2)11(5)6-12-7-14-8-13(15-12)10(3)4;1-9(2)11(5)6-12-7-13(10(3)4)15-14-8-12;1-9(2)11(5)8-13-14-7-6-12(15-13)10(3)4;1-8(2)10(5)14-12-6-11(9(3)4)7-13-15-12;1-8(2)10(5)14-12-13-7-6-11(15-12)9(3)4;6*1-2/h3*7-10H,5-6H2,1-4H3;6-7,9-10H,5,8H2,1-4H3;6-9H,5H2,1-4H3,(H,14,15);6-9H,5H2,1-4H3,(H,13,14,15);6*1-2H3. The lowest BCUT2D eigenvalue weighted by molar-refractivity contribution is 0.719. The van der Waals surface area contributed by atoms with Gasteiger partial charge >= 0.3 is 0 Å². The van der Waals surface area contributed by atoms with Gasteiger partial charge in [-0.15, -0.1) is 5.10 Å². The highest BCUT2D eigenvalue weighted by Gasteiger charge is 2.12. The van der Waals surface area contributed by atoms with Crippen molar-refractivity contribution in [3.63, 3.8) is 0 Å². The lowest BCUT2D eigenvalue weighted by Gasteiger charge is -2.12. The zero-order valence-corrected chi connectivity index (χ0v) is 72.3. The van der Waals surface area contributed by atoms with E-state index in [0.717, 1.165) is 82.9 Å². The van der Waals surface area contributed by atoms with Crippen LogP contribution in [0, 0.1) is 35.5 Å². The van der Waals surface area contributed by atoms with Crippen LogP contribution in [0.4, 0.5) is 11.8 Å². The molecular weight excluding hydrogens is 1250 g/mol. The molecular formula is C88H154N14. The average Bonchev–Trinajstić information content (AvgIpc) is 0.925. The predicted molar refractivity (Wildman–Crippen MR) is 451 cm³/mol. The first-order valence-electron chi connectivity index (χ1n) is 38.6. The van der Waals surface area contributed by atoms with Gasteiger partial charge < -0.3 is 10.6 Å². The molecule has 2 N–H and O–H groups in total. The molecule has 0 fully saturated rings. The maximum Gasteiger partial charge on any atom is 0.227 e. The number of aromatic nitrogens is 12. The highest BCUT2D eigenvalue weighted by molar-refractivity contribution is 5.42. The normalized spacial score (nSPS) is 10.0. The zero-order valence-electron chi connectivity index (χ0n) is 72.3. The molecule has 0 aliphatic heterocycles. The quantitative estimate of drug-likeness (QED) is 0.0547. The SMILES string of the molecule is C=C(Cc1cc(C(C)C)cnn1)C(C)C.C=C(Cc1cncc(C(C)C)n1)C(C)C.C=C(Cc1cnnc(C(C)C)c1)C(C)C.C=C(Cc1nccc(C(C)C)n1)C(C)C.C=C(Nc1cc(C(C)C)cnn1)C(C)C.C=C(Nc1nccc(C(C)C)n1)C(C)C.CC.CC.CC.CC.CC.CC. The molecule has 0 spiro atoms. The summed E-state index contributed by atoms with van der Waals surface area (Å²) in [5, 5.41) is 30.6. The Kier molecular flexibility index (Phi) is 65.4. The van der Waals surface area contributed by atoms with Crippen molar-refractivity contribution >= 4 is 11.8 Å². The minimum atomic E-state index is 0.385. The van der Waals surface area contributed by atoms with Gasteiger partial charge in [-0.25, -0.2) is 19.9 Å². The van der Waals surface area contributed by atoms with E-state index in [-0.39, 0.29) is 0 Å². The van der Waals surface area contributed by atoms with E-state index in [2.05, 4.69) is 289 Å². The van der Waals surface area contributed by atoms with Crippen LogP contribution in [0.15, 0.2) is 147 Å². The summed E-state index contributed by atoms with van der Waals surface area (Å²) in [7, 11) is 0. The molecule has 0 amide bonds. The molecule has 0 aromatic carbocycles. The van der Waals surface area contributed by atoms with Crippen molar-refractivity contribution in [2.24, 2.45) is 35.5 Å². The number of nitrogens with zero attached hydrogens (tertiary/aromatic N) is 12. The molecule has 0 radical (unpaired) electrons. The van der Waals surface area contributed by atoms with Crippen LogP contribution in [-0.4, -0.2) is 60.5 Å². The molecule has 0 unspecified atom stereocenters. The second kappa shape index (κ2) is 63.2. The van der Waals surface area contributed by atoms with Gasteiger partial charge in [0, 0.05) is 66.8 Å². The number of hydrogen-bond donors (Lipinski definition) is 2. The molecule has 14 heteroatoms. The lowest BCUT2D eigenvalue weighted by Crippen LogP contribution is -2.08. The Morgan fingerprint density at radius 2 is 0.725 bits per heavy atom. The maximum absolute atomic E-state index is 4.57. The van der Waals surface area contributed by atoms with Crippen molar-refractivity contribution < 1.29 is 0 Å². The van der Waals surface area contributed by atoms with Gasteiger partial charge in [0.2, 0.25) is 5.95 Å². The first-order valence-corrected chi connectivity index (χ1v) is 38.6. The van der Waals surface area contributed by atoms with Crippen LogP contribution in [-0.2, 0) is 25.7 Å². The fraction of sp³-hybridized carbons (Fsp3) is 0.591. The third-order valence-electron chi connectivity index (χ3n) is 14.8. The highest BCUT2D eigenvalue weighted by atomic mass is 15.2. The van der Waals surface area contributed by atoms with E-state index in [0.29, 0.717) is 77.0 Å². The fourth-order valence-corrected chi connectivity index (χ4v) is 7.10. The van der Waals surface area contributed by atoms with Crippen LogP contribution in [0.25, 0.3) is 0 Å². The second-order valence-corrected chi connectivity index (χ2v) is 27.0. The van der Waals surface area contributed by atoms with E-state index in [1.807, 2.05) is 132 Å². The van der Waals surface area contributed by atoms with Crippen molar-refractivity contribution in [2.75, 3.05) is 10.6 Å². The smallest absolute Gasteiger partial charge is 0.227 e. The largest absolute Gasteiger partial charge is 0.343 e. The number of rotatable bonds is 24. The number of allylic oxidation sites excluding steroid dienone is 6. The molecule has 576 valence electrons. The Balaban J connectivity index is -0.000000263. The number of hydrogen-bond acceptors (Lipinski definition) is 14.